The van der Waals surface area contributed by atoms with E-state index in [4.69, 9.17) is 10.1 Å². The van der Waals surface area contributed by atoms with Gasteiger partial charge in [0, 0.05) is 16.8 Å². The highest BCUT2D eigenvalue weighted by molar-refractivity contribution is 5.89. The van der Waals surface area contributed by atoms with Crippen LogP contribution >= 0.6 is 0 Å². The third kappa shape index (κ3) is 4.85. The Morgan fingerprint density at radius 3 is 1.74 bits per heavy atom. The fourth-order valence-corrected chi connectivity index (χ4v) is 5.98. The summed E-state index contributed by atoms with van der Waals surface area (Å²) in [6, 6.07) is 47.5. The number of fused-ring (bicyclic) bond motifs is 2. The lowest BCUT2D eigenvalue weighted by Crippen LogP contribution is -2.03. The summed E-state index contributed by atoms with van der Waals surface area (Å²) < 4.78 is 2.04. The van der Waals surface area contributed by atoms with Gasteiger partial charge in [0.2, 0.25) is 0 Å². The molecule has 0 saturated carbocycles. The number of hydrogen-bond acceptors (Lipinski definition) is 2. The molecule has 0 bridgehead atoms. The van der Waals surface area contributed by atoms with Gasteiger partial charge in [0.15, 0.2) is 11.6 Å². The highest BCUT2D eigenvalue weighted by Crippen LogP contribution is 2.33. The van der Waals surface area contributed by atoms with Crippen molar-refractivity contribution in [2.24, 2.45) is 0 Å². The minimum absolute atomic E-state index is 0.728. The van der Waals surface area contributed by atoms with Crippen molar-refractivity contribution >= 4 is 27.2 Å². The fraction of sp³-hybridized carbons (Fsp3) is 0.0500. The van der Waals surface area contributed by atoms with E-state index in [0.717, 1.165) is 46.9 Å². The summed E-state index contributed by atoms with van der Waals surface area (Å²) in [4.78, 5) is 5.14. The highest BCUT2D eigenvalue weighted by Gasteiger charge is 2.18. The molecule has 0 atom stereocenters. The number of aromatic nitrogens is 3. The van der Waals surface area contributed by atoms with Gasteiger partial charge in [0.25, 0.3) is 0 Å². The van der Waals surface area contributed by atoms with Crippen molar-refractivity contribution in [2.75, 3.05) is 0 Å². The Morgan fingerprint density at radius 1 is 0.488 bits per heavy atom. The molecule has 0 unspecified atom stereocenters. The van der Waals surface area contributed by atoms with Crippen LogP contribution in [0.25, 0.3) is 72.3 Å². The lowest BCUT2D eigenvalue weighted by atomic mass is 9.99. The van der Waals surface area contributed by atoms with Crippen LogP contribution in [-0.2, 0) is 0 Å². The van der Waals surface area contributed by atoms with Gasteiger partial charge in [-0.05, 0) is 80.9 Å². The van der Waals surface area contributed by atoms with E-state index in [2.05, 4.69) is 152 Å². The molecule has 8 rings (SSSR count). The van der Waals surface area contributed by atoms with Crippen molar-refractivity contribution in [2.45, 2.75) is 12.8 Å². The quantitative estimate of drug-likeness (QED) is 0.213. The Labute approximate surface area is 251 Å². The molecule has 43 heavy (non-hydrogen) atoms. The van der Waals surface area contributed by atoms with E-state index < -0.39 is 0 Å². The number of hydrogen-bond donors (Lipinski definition) is 0. The van der Waals surface area contributed by atoms with Crippen LogP contribution in [-0.4, -0.2) is 14.8 Å². The molecule has 7 aromatic rings. The second-order valence-corrected chi connectivity index (χ2v) is 11.1. The molecule has 1 aromatic heterocycles. The maximum atomic E-state index is 5.14. The minimum atomic E-state index is 0.728. The van der Waals surface area contributed by atoms with Crippen molar-refractivity contribution < 1.29 is 0 Å². The third-order valence-electron chi connectivity index (χ3n) is 8.30. The standard InChI is InChI=1S/C40H29N3/c1-2-15-38(16-3-1)43-40(37-14-8-13-34(27-37)36-24-20-29-10-5-7-12-33(29)26-36)41-39(42-43)31-21-17-30(18-22-31)35-23-19-28-9-4-6-11-32(28)25-35/h1-2,4-15,17-27H,3,16H2. The van der Waals surface area contributed by atoms with Gasteiger partial charge < -0.3 is 0 Å². The summed E-state index contributed by atoms with van der Waals surface area (Å²) in [5, 5.41) is 10.1. The van der Waals surface area contributed by atoms with Crippen LogP contribution in [0.5, 0.6) is 0 Å². The van der Waals surface area contributed by atoms with Gasteiger partial charge in [-0.1, -0.05) is 127 Å². The van der Waals surface area contributed by atoms with Crippen LogP contribution in [0.3, 0.4) is 0 Å². The second kappa shape index (κ2) is 10.7. The molecule has 1 heterocycles. The molecular formula is C40H29N3. The molecule has 3 nitrogen and oxygen atoms in total. The van der Waals surface area contributed by atoms with Crippen molar-refractivity contribution in [3.63, 3.8) is 0 Å². The molecule has 0 radical (unpaired) electrons. The lowest BCUT2D eigenvalue weighted by molar-refractivity contribution is 0.846. The van der Waals surface area contributed by atoms with E-state index >= 15 is 0 Å². The number of benzene rings is 6. The van der Waals surface area contributed by atoms with E-state index in [1.165, 1.54) is 38.2 Å². The molecule has 0 N–H and O–H groups in total. The summed E-state index contributed by atoms with van der Waals surface area (Å²) in [5.41, 5.74) is 7.94. The Kier molecular flexibility index (Phi) is 6.27. The van der Waals surface area contributed by atoms with Crippen LogP contribution in [0.2, 0.25) is 0 Å². The Morgan fingerprint density at radius 2 is 1.07 bits per heavy atom. The molecule has 1 aliphatic carbocycles. The first-order chi connectivity index (χ1) is 21.3. The van der Waals surface area contributed by atoms with Crippen LogP contribution in [0.1, 0.15) is 12.8 Å². The topological polar surface area (TPSA) is 30.7 Å². The normalized spacial score (nSPS) is 13.0. The molecule has 3 heteroatoms. The predicted octanol–water partition coefficient (Wildman–Crippen LogP) is 10.4. The van der Waals surface area contributed by atoms with E-state index in [1.807, 2.05) is 4.68 Å². The van der Waals surface area contributed by atoms with E-state index in [1.54, 1.807) is 0 Å². The SMILES string of the molecule is C1=CCCC(n2nc(-c3ccc(-c4ccc5ccccc5c4)cc3)nc2-c2cccc(-c3ccc4ccccc4c3)c2)=C1. The van der Waals surface area contributed by atoms with Gasteiger partial charge in [-0.15, -0.1) is 5.10 Å². The van der Waals surface area contributed by atoms with Gasteiger partial charge in [0.05, 0.1) is 0 Å². The van der Waals surface area contributed by atoms with Gasteiger partial charge in [-0.25, -0.2) is 9.67 Å². The maximum absolute atomic E-state index is 5.14. The Balaban J connectivity index is 1.18. The number of nitrogens with zero attached hydrogens (tertiary/aromatic N) is 3. The van der Waals surface area contributed by atoms with E-state index in [-0.39, 0.29) is 0 Å². The first kappa shape index (κ1) is 25.2. The molecule has 1 aliphatic rings. The monoisotopic (exact) mass is 551 g/mol. The number of rotatable bonds is 5. The summed E-state index contributed by atoms with van der Waals surface area (Å²) in [7, 11) is 0. The predicted molar refractivity (Wildman–Crippen MR) is 179 cm³/mol. The average Bonchev–Trinajstić information content (AvgIpc) is 3.54. The molecule has 0 amide bonds. The third-order valence-corrected chi connectivity index (χ3v) is 8.30. The second-order valence-electron chi connectivity index (χ2n) is 11.1. The maximum Gasteiger partial charge on any atom is 0.182 e. The first-order valence-corrected chi connectivity index (χ1v) is 14.8. The zero-order valence-corrected chi connectivity index (χ0v) is 23.7. The van der Waals surface area contributed by atoms with E-state index in [0.29, 0.717) is 0 Å². The largest absolute Gasteiger partial charge is 0.217 e. The minimum Gasteiger partial charge on any atom is -0.217 e. The summed E-state index contributed by atoms with van der Waals surface area (Å²) >= 11 is 0. The molecule has 0 fully saturated rings. The highest BCUT2D eigenvalue weighted by atomic mass is 15.4. The molecular weight excluding hydrogens is 522 g/mol. The summed E-state index contributed by atoms with van der Waals surface area (Å²) in [6.45, 7) is 0. The Bertz CT molecular complexity index is 2180. The molecule has 204 valence electrons. The van der Waals surface area contributed by atoms with Gasteiger partial charge in [-0.2, -0.15) is 0 Å². The fourth-order valence-electron chi connectivity index (χ4n) is 5.98. The van der Waals surface area contributed by atoms with Crippen LogP contribution < -0.4 is 0 Å². The smallest absolute Gasteiger partial charge is 0.182 e. The van der Waals surface area contributed by atoms with Crippen LogP contribution in [0.4, 0.5) is 0 Å². The number of allylic oxidation sites excluding steroid dienone is 4. The lowest BCUT2D eigenvalue weighted by Gasteiger charge is -2.12. The molecule has 0 saturated heterocycles. The zero-order valence-electron chi connectivity index (χ0n) is 23.7. The van der Waals surface area contributed by atoms with Crippen molar-refractivity contribution in [3.05, 3.63) is 152 Å². The van der Waals surface area contributed by atoms with Crippen LogP contribution in [0, 0.1) is 0 Å². The summed E-state index contributed by atoms with van der Waals surface area (Å²) in [5.74, 6) is 1.59. The van der Waals surface area contributed by atoms with Crippen LogP contribution in [0.15, 0.2) is 152 Å². The molecule has 6 aromatic carbocycles. The zero-order chi connectivity index (χ0) is 28.6. The molecule has 0 spiro atoms. The molecule has 0 aliphatic heterocycles. The average molecular weight is 552 g/mol. The van der Waals surface area contributed by atoms with Gasteiger partial charge >= 0.3 is 0 Å². The van der Waals surface area contributed by atoms with Gasteiger partial charge in [0.1, 0.15) is 0 Å². The van der Waals surface area contributed by atoms with Gasteiger partial charge in [-0.3, -0.25) is 0 Å². The van der Waals surface area contributed by atoms with Crippen molar-refractivity contribution in [3.8, 4) is 45.0 Å². The van der Waals surface area contributed by atoms with E-state index in [9.17, 15) is 0 Å². The van der Waals surface area contributed by atoms with Crippen molar-refractivity contribution in [1.82, 2.24) is 14.8 Å². The summed E-state index contributed by atoms with van der Waals surface area (Å²) in [6.07, 6.45) is 8.40. The first-order valence-electron chi connectivity index (χ1n) is 14.8. The van der Waals surface area contributed by atoms with Crippen molar-refractivity contribution in [1.29, 1.82) is 0 Å². The Hall–Kier alpha value is -5.54.